The first-order chi connectivity index (χ1) is 18.1. The lowest BCUT2D eigenvalue weighted by molar-refractivity contribution is -0.139. The number of fused-ring (bicyclic) bond motifs is 1. The molecule has 0 bridgehead atoms. The second-order valence-electron chi connectivity index (χ2n) is 8.21. The maximum absolute atomic E-state index is 13.8. The summed E-state index contributed by atoms with van der Waals surface area (Å²) < 4.78 is 18.9. The van der Waals surface area contributed by atoms with Gasteiger partial charge in [-0.15, -0.1) is 0 Å². The van der Waals surface area contributed by atoms with Gasteiger partial charge in [0.2, 0.25) is 0 Å². The molecule has 0 saturated heterocycles. The summed E-state index contributed by atoms with van der Waals surface area (Å²) in [6.07, 6.45) is 1.73. The quantitative estimate of drug-likeness (QED) is 0.211. The van der Waals surface area contributed by atoms with Crippen molar-refractivity contribution >= 4 is 63.5 Å². The van der Waals surface area contributed by atoms with E-state index in [0.717, 1.165) is 0 Å². The highest BCUT2D eigenvalue weighted by molar-refractivity contribution is 14.1. The molecule has 2 aromatic carbocycles. The number of carbonyl (C=O) groups excluding carboxylic acids is 2. The third kappa shape index (κ3) is 5.71. The van der Waals surface area contributed by atoms with Gasteiger partial charge in [-0.2, -0.15) is 0 Å². The van der Waals surface area contributed by atoms with E-state index >= 15 is 0 Å². The van der Waals surface area contributed by atoms with Crippen LogP contribution in [0.25, 0.3) is 6.08 Å². The molecule has 0 radical (unpaired) electrons. The van der Waals surface area contributed by atoms with Crippen LogP contribution in [0.2, 0.25) is 5.02 Å². The molecule has 1 aliphatic heterocycles. The van der Waals surface area contributed by atoms with Crippen LogP contribution in [0.5, 0.6) is 11.5 Å². The lowest BCUT2D eigenvalue weighted by Gasteiger charge is -2.24. The fraction of sp³-hybridized carbons (Fsp3) is 0.259. The summed E-state index contributed by atoms with van der Waals surface area (Å²) in [5.74, 6) is -0.260. The monoisotopic (exact) mass is 666 g/mol. The normalized spacial score (nSPS) is 15.1. The minimum atomic E-state index is -0.727. The first-order valence-corrected chi connectivity index (χ1v) is 14.0. The third-order valence-corrected chi connectivity index (χ3v) is 7.61. The number of ether oxygens (including phenoxy) is 3. The molecule has 198 valence electrons. The molecule has 0 aliphatic carbocycles. The van der Waals surface area contributed by atoms with E-state index in [1.165, 1.54) is 22.8 Å². The maximum Gasteiger partial charge on any atom is 0.338 e. The summed E-state index contributed by atoms with van der Waals surface area (Å²) in [4.78, 5) is 43.4. The number of esters is 2. The van der Waals surface area contributed by atoms with Crippen molar-refractivity contribution in [3.8, 4) is 11.5 Å². The van der Waals surface area contributed by atoms with Crippen LogP contribution in [0, 0.1) is 3.57 Å². The Kier molecular flexibility index (Phi) is 8.74. The Labute approximate surface area is 241 Å². The Morgan fingerprint density at radius 1 is 1.18 bits per heavy atom. The average Bonchev–Trinajstić information content (AvgIpc) is 3.15. The Morgan fingerprint density at radius 2 is 1.89 bits per heavy atom. The predicted octanol–water partition coefficient (Wildman–Crippen LogP) is 4.38. The molecule has 0 saturated carbocycles. The molecule has 0 amide bonds. The number of hydrogen-bond acceptors (Lipinski definition) is 8. The molecule has 1 aromatic heterocycles. The van der Waals surface area contributed by atoms with Crippen LogP contribution >= 0.6 is 45.5 Å². The smallest absolute Gasteiger partial charge is 0.338 e. The number of allylic oxidation sites excluding steroid dienone is 1. The van der Waals surface area contributed by atoms with Gasteiger partial charge in [-0.25, -0.2) is 9.79 Å². The molecular formula is C27H24ClIN2O6S. The molecule has 8 nitrogen and oxygen atoms in total. The standard InChI is InChI=1S/C27H24ClIN2O6S/c1-5-35-20-12-16(11-19(29)24(20)37-15(4)32)13-21-25(33)31-23(17-7-9-18(28)10-8-17)22(26(34)36-6-2)14(3)30-27(31)38-21/h7-13,23H,5-6H2,1-4H3/b21-13-/t23-/m0/s1. The van der Waals surface area contributed by atoms with Gasteiger partial charge in [0.1, 0.15) is 0 Å². The Hall–Kier alpha value is -2.96. The SMILES string of the molecule is CCOC(=O)C1=C(C)N=c2s/c(=C\c3cc(I)c(OC(C)=O)c(OCC)c3)c(=O)n2[C@H]1c1ccc(Cl)cc1. The Balaban J connectivity index is 1.91. The molecule has 4 rings (SSSR count). The molecule has 3 aromatic rings. The zero-order valence-corrected chi connectivity index (χ0v) is 24.8. The molecule has 38 heavy (non-hydrogen) atoms. The summed E-state index contributed by atoms with van der Waals surface area (Å²) >= 11 is 9.39. The van der Waals surface area contributed by atoms with Crippen LogP contribution in [-0.4, -0.2) is 29.7 Å². The molecule has 11 heteroatoms. The van der Waals surface area contributed by atoms with Crippen LogP contribution in [0.4, 0.5) is 0 Å². The lowest BCUT2D eigenvalue weighted by atomic mass is 9.96. The van der Waals surface area contributed by atoms with E-state index in [9.17, 15) is 14.4 Å². The van der Waals surface area contributed by atoms with E-state index in [4.69, 9.17) is 25.8 Å². The van der Waals surface area contributed by atoms with Gasteiger partial charge >= 0.3 is 11.9 Å². The van der Waals surface area contributed by atoms with E-state index in [2.05, 4.69) is 27.6 Å². The van der Waals surface area contributed by atoms with Crippen LogP contribution < -0.4 is 24.4 Å². The first kappa shape index (κ1) is 28.1. The number of halogens is 2. The number of benzene rings is 2. The zero-order chi connectivity index (χ0) is 27.6. The number of aromatic nitrogens is 1. The molecule has 1 aliphatic rings. The van der Waals surface area contributed by atoms with Crippen molar-refractivity contribution in [2.75, 3.05) is 13.2 Å². The van der Waals surface area contributed by atoms with E-state index in [1.54, 1.807) is 56.3 Å². The van der Waals surface area contributed by atoms with E-state index in [0.29, 0.717) is 58.4 Å². The van der Waals surface area contributed by atoms with Crippen molar-refractivity contribution in [2.24, 2.45) is 4.99 Å². The van der Waals surface area contributed by atoms with E-state index < -0.39 is 18.0 Å². The van der Waals surface area contributed by atoms with Crippen LogP contribution in [-0.2, 0) is 14.3 Å². The third-order valence-electron chi connectivity index (χ3n) is 5.58. The number of nitrogens with zero attached hydrogens (tertiary/aromatic N) is 2. The highest BCUT2D eigenvalue weighted by Crippen LogP contribution is 2.35. The fourth-order valence-corrected chi connectivity index (χ4v) is 5.99. The molecule has 0 N–H and O–H groups in total. The first-order valence-electron chi connectivity index (χ1n) is 11.7. The molecule has 1 atom stereocenters. The molecule has 0 unspecified atom stereocenters. The zero-order valence-electron chi connectivity index (χ0n) is 21.0. The summed E-state index contributed by atoms with van der Waals surface area (Å²) in [5.41, 5.74) is 1.86. The maximum atomic E-state index is 13.8. The highest BCUT2D eigenvalue weighted by Gasteiger charge is 2.33. The molecule has 0 fully saturated rings. The van der Waals surface area contributed by atoms with Gasteiger partial charge in [-0.05, 0) is 84.8 Å². The lowest BCUT2D eigenvalue weighted by Crippen LogP contribution is -2.39. The second kappa shape index (κ2) is 11.8. The number of rotatable bonds is 7. The van der Waals surface area contributed by atoms with Gasteiger partial charge in [-0.1, -0.05) is 35.1 Å². The summed E-state index contributed by atoms with van der Waals surface area (Å²) in [5, 5.41) is 0.538. The van der Waals surface area contributed by atoms with Gasteiger partial charge in [0, 0.05) is 11.9 Å². The summed E-state index contributed by atoms with van der Waals surface area (Å²) in [6, 6.07) is 9.79. The minimum Gasteiger partial charge on any atom is -0.490 e. The molecular weight excluding hydrogens is 643 g/mol. The van der Waals surface area contributed by atoms with Gasteiger partial charge in [0.05, 0.1) is 38.6 Å². The highest BCUT2D eigenvalue weighted by atomic mass is 127. The van der Waals surface area contributed by atoms with Gasteiger partial charge < -0.3 is 14.2 Å². The van der Waals surface area contributed by atoms with Gasteiger partial charge in [-0.3, -0.25) is 14.2 Å². The number of carbonyl (C=O) groups is 2. The van der Waals surface area contributed by atoms with Crippen molar-refractivity contribution < 1.29 is 23.8 Å². The minimum absolute atomic E-state index is 0.192. The number of thiazole rings is 1. The van der Waals surface area contributed by atoms with Crippen LogP contribution in [0.15, 0.2) is 57.5 Å². The Morgan fingerprint density at radius 3 is 2.53 bits per heavy atom. The van der Waals surface area contributed by atoms with Crippen molar-refractivity contribution in [2.45, 2.75) is 33.7 Å². The molecule has 2 heterocycles. The van der Waals surface area contributed by atoms with E-state index in [-0.39, 0.29) is 12.2 Å². The van der Waals surface area contributed by atoms with Gasteiger partial charge in [0.25, 0.3) is 5.56 Å². The second-order valence-corrected chi connectivity index (χ2v) is 10.8. The van der Waals surface area contributed by atoms with Crippen molar-refractivity contribution in [3.63, 3.8) is 0 Å². The predicted molar refractivity (Wildman–Crippen MR) is 153 cm³/mol. The van der Waals surface area contributed by atoms with Gasteiger partial charge in [0.15, 0.2) is 16.3 Å². The molecule has 0 spiro atoms. The van der Waals surface area contributed by atoms with Crippen LogP contribution in [0.3, 0.4) is 0 Å². The summed E-state index contributed by atoms with van der Waals surface area (Å²) in [7, 11) is 0. The summed E-state index contributed by atoms with van der Waals surface area (Å²) in [6.45, 7) is 7.17. The number of hydrogen-bond donors (Lipinski definition) is 0. The van der Waals surface area contributed by atoms with Crippen molar-refractivity contribution in [1.82, 2.24) is 4.57 Å². The Bertz CT molecular complexity index is 1620. The van der Waals surface area contributed by atoms with E-state index in [1.807, 2.05) is 6.92 Å². The topological polar surface area (TPSA) is 96.2 Å². The van der Waals surface area contributed by atoms with Crippen molar-refractivity contribution in [3.05, 3.63) is 87.1 Å². The van der Waals surface area contributed by atoms with Crippen LogP contribution in [0.1, 0.15) is 44.9 Å². The average molecular weight is 667 g/mol. The largest absolute Gasteiger partial charge is 0.490 e. The fourth-order valence-electron chi connectivity index (χ4n) is 4.08. The van der Waals surface area contributed by atoms with Crippen molar-refractivity contribution in [1.29, 1.82) is 0 Å².